The van der Waals surface area contributed by atoms with Gasteiger partial charge in [0.15, 0.2) is 5.16 Å². The predicted octanol–water partition coefficient (Wildman–Crippen LogP) is 7.14. The SMILES string of the molecule is Cc1ccc(-c2nc(SCCCCCn3nc(C)cc3C)[nH]c2-c2ccc(C)cc2)cc1. The van der Waals surface area contributed by atoms with Gasteiger partial charge >= 0.3 is 0 Å². The summed E-state index contributed by atoms with van der Waals surface area (Å²) in [5, 5.41) is 5.55. The van der Waals surface area contributed by atoms with Crippen LogP contribution < -0.4 is 0 Å². The fraction of sp³-hybridized carbons (Fsp3) is 0.333. The van der Waals surface area contributed by atoms with Crippen LogP contribution in [0.5, 0.6) is 0 Å². The van der Waals surface area contributed by atoms with Crippen molar-refractivity contribution < 1.29 is 0 Å². The molecule has 0 unspecified atom stereocenters. The molecule has 5 heteroatoms. The molecule has 0 saturated heterocycles. The molecule has 0 aliphatic rings. The lowest BCUT2D eigenvalue weighted by molar-refractivity contribution is 0.541. The van der Waals surface area contributed by atoms with E-state index in [4.69, 9.17) is 4.98 Å². The van der Waals surface area contributed by atoms with E-state index in [1.54, 1.807) is 0 Å². The molecule has 2 aromatic carbocycles. The summed E-state index contributed by atoms with van der Waals surface area (Å²) in [5.41, 5.74) is 9.33. The standard InChI is InChI=1S/C27H32N4S/c1-19-8-12-23(13-9-19)25-26(24-14-10-20(2)11-15-24)29-27(28-25)32-17-7-5-6-16-31-22(4)18-21(3)30-31/h8-15,18H,5-7,16-17H2,1-4H3,(H,28,29). The zero-order valence-corrected chi connectivity index (χ0v) is 20.3. The molecule has 1 N–H and O–H groups in total. The smallest absolute Gasteiger partial charge is 0.166 e. The lowest BCUT2D eigenvalue weighted by Gasteiger charge is -2.04. The normalized spacial score (nSPS) is 11.2. The van der Waals surface area contributed by atoms with E-state index in [9.17, 15) is 0 Å². The minimum Gasteiger partial charge on any atom is -0.332 e. The second kappa shape index (κ2) is 10.2. The second-order valence-corrected chi connectivity index (χ2v) is 9.64. The number of nitrogens with zero attached hydrogens (tertiary/aromatic N) is 3. The van der Waals surface area contributed by atoms with Crippen molar-refractivity contribution in [1.29, 1.82) is 0 Å². The average Bonchev–Trinajstić information content (AvgIpc) is 3.34. The number of aromatic nitrogens is 4. The molecule has 0 bridgehead atoms. The molecule has 2 aromatic heterocycles. The van der Waals surface area contributed by atoms with E-state index >= 15 is 0 Å². The number of nitrogens with one attached hydrogen (secondary N) is 1. The minimum absolute atomic E-state index is 0.995. The first-order valence-electron chi connectivity index (χ1n) is 11.4. The van der Waals surface area contributed by atoms with Crippen LogP contribution in [-0.2, 0) is 6.54 Å². The maximum Gasteiger partial charge on any atom is 0.166 e. The third-order valence-electron chi connectivity index (χ3n) is 5.70. The molecule has 2 heterocycles. The lowest BCUT2D eigenvalue weighted by atomic mass is 10.0. The summed E-state index contributed by atoms with van der Waals surface area (Å²) in [4.78, 5) is 8.58. The summed E-state index contributed by atoms with van der Waals surface area (Å²) in [7, 11) is 0. The molecule has 166 valence electrons. The van der Waals surface area contributed by atoms with E-state index in [0.29, 0.717) is 0 Å². The van der Waals surface area contributed by atoms with Crippen LogP contribution in [0.3, 0.4) is 0 Å². The van der Waals surface area contributed by atoms with Crippen LogP contribution >= 0.6 is 11.8 Å². The van der Waals surface area contributed by atoms with Crippen LogP contribution in [0, 0.1) is 27.7 Å². The van der Waals surface area contributed by atoms with Gasteiger partial charge in [0, 0.05) is 29.1 Å². The van der Waals surface area contributed by atoms with Gasteiger partial charge in [0.05, 0.1) is 17.1 Å². The van der Waals surface area contributed by atoms with Crippen molar-refractivity contribution in [2.24, 2.45) is 0 Å². The van der Waals surface area contributed by atoms with E-state index < -0.39 is 0 Å². The molecule has 0 amide bonds. The Morgan fingerprint density at radius 2 is 1.47 bits per heavy atom. The van der Waals surface area contributed by atoms with Crippen LogP contribution in [-0.4, -0.2) is 25.5 Å². The van der Waals surface area contributed by atoms with E-state index in [2.05, 4.69) is 97.1 Å². The van der Waals surface area contributed by atoms with Crippen molar-refractivity contribution in [2.75, 3.05) is 5.75 Å². The third kappa shape index (κ3) is 5.52. The van der Waals surface area contributed by atoms with E-state index in [0.717, 1.165) is 46.5 Å². The summed E-state index contributed by atoms with van der Waals surface area (Å²) >= 11 is 1.82. The molecular formula is C27H32N4S. The van der Waals surface area contributed by atoms with Gasteiger partial charge in [-0.15, -0.1) is 0 Å². The van der Waals surface area contributed by atoms with Gasteiger partial charge in [-0.3, -0.25) is 4.68 Å². The molecule has 4 rings (SSSR count). The predicted molar refractivity (Wildman–Crippen MR) is 135 cm³/mol. The maximum atomic E-state index is 4.98. The first kappa shape index (κ1) is 22.4. The molecule has 0 aliphatic carbocycles. The number of aryl methyl sites for hydroxylation is 5. The van der Waals surface area contributed by atoms with Gasteiger partial charge in [-0.05, 0) is 46.6 Å². The fourth-order valence-corrected chi connectivity index (χ4v) is 4.75. The Bertz CT molecular complexity index is 1090. The van der Waals surface area contributed by atoms with Crippen LogP contribution in [0.25, 0.3) is 22.5 Å². The summed E-state index contributed by atoms with van der Waals surface area (Å²) in [5.74, 6) is 1.06. The number of hydrogen-bond donors (Lipinski definition) is 1. The van der Waals surface area contributed by atoms with E-state index in [-0.39, 0.29) is 0 Å². The molecule has 0 spiro atoms. The number of aromatic amines is 1. The number of imidazole rings is 1. The minimum atomic E-state index is 0.995. The lowest BCUT2D eigenvalue weighted by Crippen LogP contribution is -2.02. The molecule has 0 radical (unpaired) electrons. The summed E-state index contributed by atoms with van der Waals surface area (Å²) in [6.07, 6.45) is 3.52. The van der Waals surface area contributed by atoms with Crippen molar-refractivity contribution in [1.82, 2.24) is 19.7 Å². The topological polar surface area (TPSA) is 46.5 Å². The highest BCUT2D eigenvalue weighted by Gasteiger charge is 2.14. The number of H-pyrrole nitrogens is 1. The molecule has 4 aromatic rings. The van der Waals surface area contributed by atoms with Gasteiger partial charge in [0.1, 0.15) is 0 Å². The Labute approximate surface area is 195 Å². The summed E-state index contributed by atoms with van der Waals surface area (Å²) in [6, 6.07) is 19.4. The first-order valence-corrected chi connectivity index (χ1v) is 12.4. The third-order valence-corrected chi connectivity index (χ3v) is 6.66. The van der Waals surface area contributed by atoms with E-state index in [1.807, 2.05) is 11.8 Å². The van der Waals surface area contributed by atoms with Gasteiger partial charge in [0.25, 0.3) is 0 Å². The Morgan fingerprint density at radius 3 is 2.09 bits per heavy atom. The monoisotopic (exact) mass is 444 g/mol. The molecule has 0 atom stereocenters. The molecule has 0 saturated carbocycles. The van der Waals surface area contributed by atoms with Crippen molar-refractivity contribution in [2.45, 2.75) is 58.7 Å². The average molecular weight is 445 g/mol. The Hall–Kier alpha value is -2.79. The highest BCUT2D eigenvalue weighted by molar-refractivity contribution is 7.99. The number of hydrogen-bond acceptors (Lipinski definition) is 3. The number of benzene rings is 2. The molecule has 0 fully saturated rings. The van der Waals surface area contributed by atoms with Gasteiger partial charge < -0.3 is 4.98 Å². The van der Waals surface area contributed by atoms with Crippen LogP contribution in [0.15, 0.2) is 59.8 Å². The Kier molecular flexibility index (Phi) is 7.15. The van der Waals surface area contributed by atoms with Crippen molar-refractivity contribution >= 4 is 11.8 Å². The highest BCUT2D eigenvalue weighted by Crippen LogP contribution is 2.33. The Balaban J connectivity index is 1.40. The quantitative estimate of drug-likeness (QED) is 0.220. The maximum absolute atomic E-state index is 4.98. The molecular weight excluding hydrogens is 412 g/mol. The molecule has 0 aliphatic heterocycles. The molecule has 4 nitrogen and oxygen atoms in total. The van der Waals surface area contributed by atoms with Gasteiger partial charge in [0.2, 0.25) is 0 Å². The fourth-order valence-electron chi connectivity index (χ4n) is 3.88. The first-order chi connectivity index (χ1) is 15.5. The van der Waals surface area contributed by atoms with E-state index in [1.165, 1.54) is 35.2 Å². The second-order valence-electron chi connectivity index (χ2n) is 8.56. The van der Waals surface area contributed by atoms with Crippen molar-refractivity contribution in [3.8, 4) is 22.5 Å². The van der Waals surface area contributed by atoms with Crippen molar-refractivity contribution in [3.63, 3.8) is 0 Å². The van der Waals surface area contributed by atoms with Gasteiger partial charge in [-0.25, -0.2) is 4.98 Å². The highest BCUT2D eigenvalue weighted by atomic mass is 32.2. The number of rotatable bonds is 9. The molecule has 32 heavy (non-hydrogen) atoms. The number of thioether (sulfide) groups is 1. The van der Waals surface area contributed by atoms with Crippen LogP contribution in [0.2, 0.25) is 0 Å². The summed E-state index contributed by atoms with van der Waals surface area (Å²) in [6.45, 7) is 9.42. The summed E-state index contributed by atoms with van der Waals surface area (Å²) < 4.78 is 2.12. The van der Waals surface area contributed by atoms with Crippen LogP contribution in [0.1, 0.15) is 41.8 Å². The zero-order valence-electron chi connectivity index (χ0n) is 19.5. The van der Waals surface area contributed by atoms with Gasteiger partial charge in [-0.2, -0.15) is 5.10 Å². The van der Waals surface area contributed by atoms with Crippen molar-refractivity contribution in [3.05, 3.63) is 77.1 Å². The zero-order chi connectivity index (χ0) is 22.5. The van der Waals surface area contributed by atoms with Crippen LogP contribution in [0.4, 0.5) is 0 Å². The Morgan fingerprint density at radius 1 is 0.812 bits per heavy atom. The largest absolute Gasteiger partial charge is 0.332 e. The van der Waals surface area contributed by atoms with Gasteiger partial charge in [-0.1, -0.05) is 77.8 Å². The number of unbranched alkanes of at least 4 members (excludes halogenated alkanes) is 2.